The van der Waals surface area contributed by atoms with E-state index in [0.29, 0.717) is 41.1 Å². The number of halogens is 1. The molecule has 9 nitrogen and oxygen atoms in total. The van der Waals surface area contributed by atoms with E-state index in [-0.39, 0.29) is 28.8 Å². The van der Waals surface area contributed by atoms with E-state index in [1.807, 2.05) is 12.1 Å². The molecule has 10 heteroatoms. The van der Waals surface area contributed by atoms with Crippen LogP contribution in [0.4, 0.5) is 5.69 Å². The van der Waals surface area contributed by atoms with Gasteiger partial charge in [-0.15, -0.1) is 0 Å². The third-order valence-corrected chi connectivity index (χ3v) is 14.1. The lowest BCUT2D eigenvalue weighted by atomic mass is 9.81. The maximum absolute atomic E-state index is 13.1. The number of hydrogen-bond donors (Lipinski definition) is 2. The SMILES string of the molecule is CC1(C)c2ccc(C3CCN(C4CCC(CN5CCC(c6ccc(NC7CCC(=O)NC7=O)cc6)CC5)CC4)CC3)cc2-n2c1nc(=O)c1c(Cl)cccc12. The van der Waals surface area contributed by atoms with E-state index >= 15 is 0 Å². The first-order chi connectivity index (χ1) is 26.6. The van der Waals surface area contributed by atoms with Crippen LogP contribution in [0.15, 0.2) is 65.5 Å². The maximum Gasteiger partial charge on any atom is 0.282 e. The van der Waals surface area contributed by atoms with Crippen LogP contribution in [0, 0.1) is 5.92 Å². The van der Waals surface area contributed by atoms with Crippen LogP contribution in [0.3, 0.4) is 0 Å². The Hall–Kier alpha value is -4.05. The molecule has 0 spiro atoms. The van der Waals surface area contributed by atoms with Gasteiger partial charge in [0, 0.05) is 24.7 Å². The number of fused-ring (bicyclic) bond motifs is 5. The molecule has 1 saturated carbocycles. The predicted octanol–water partition coefficient (Wildman–Crippen LogP) is 7.51. The monoisotopic (exact) mass is 760 g/mol. The third-order valence-electron chi connectivity index (χ3n) is 13.8. The van der Waals surface area contributed by atoms with Crippen molar-refractivity contribution in [3.63, 3.8) is 0 Å². The highest BCUT2D eigenvalue weighted by Crippen LogP contribution is 2.45. The predicted molar refractivity (Wildman–Crippen MR) is 218 cm³/mol. The summed E-state index contributed by atoms with van der Waals surface area (Å²) in [5.41, 5.74) is 6.28. The summed E-state index contributed by atoms with van der Waals surface area (Å²) in [5.74, 6) is 2.29. The second-order valence-corrected chi connectivity index (χ2v) is 17.8. The second-order valence-electron chi connectivity index (χ2n) is 17.4. The topological polar surface area (TPSA) is 99.6 Å². The minimum atomic E-state index is -0.364. The molecule has 0 radical (unpaired) electrons. The molecule has 2 amide bonds. The van der Waals surface area contributed by atoms with Gasteiger partial charge in [-0.3, -0.25) is 24.3 Å². The third kappa shape index (κ3) is 7.02. The normalized spacial score (nSPS) is 25.1. The highest BCUT2D eigenvalue weighted by molar-refractivity contribution is 6.35. The molecule has 288 valence electrons. The molecule has 1 unspecified atom stereocenters. The van der Waals surface area contributed by atoms with E-state index in [1.165, 1.54) is 87.7 Å². The van der Waals surface area contributed by atoms with Crippen molar-refractivity contribution in [1.82, 2.24) is 24.7 Å². The van der Waals surface area contributed by atoms with Crippen LogP contribution < -0.4 is 16.2 Å². The zero-order chi connectivity index (χ0) is 37.8. The average molecular weight is 761 g/mol. The largest absolute Gasteiger partial charge is 0.374 e. The molecule has 3 saturated heterocycles. The molecule has 9 rings (SSSR count). The number of benzene rings is 3. The number of carbonyl (C=O) groups is 2. The zero-order valence-corrected chi connectivity index (χ0v) is 32.9. The van der Waals surface area contributed by atoms with Crippen molar-refractivity contribution in [3.05, 3.63) is 98.6 Å². The molecule has 5 heterocycles. The van der Waals surface area contributed by atoms with Gasteiger partial charge in [0.15, 0.2) is 0 Å². The summed E-state index contributed by atoms with van der Waals surface area (Å²) in [7, 11) is 0. The van der Waals surface area contributed by atoms with Gasteiger partial charge in [0.2, 0.25) is 11.8 Å². The molecule has 4 fully saturated rings. The Morgan fingerprint density at radius 1 is 0.818 bits per heavy atom. The maximum atomic E-state index is 13.1. The second kappa shape index (κ2) is 14.8. The standard InChI is InChI=1S/C45H53ClN6O3/c1-45(2)35-15-10-32(26-39(35)52-38-5-3-4-36(46)41(38)43(55)49-44(45)52)31-20-24-51(25-21-31)34-13-6-28(7-14-34)27-50-22-18-30(19-23-50)29-8-11-33(12-9-29)47-37-16-17-40(53)48-42(37)54/h3-5,8-12,15,26,28,30-31,34,37,47H,6-7,13-14,16-25,27H2,1-2H3,(H,48,53,54). The van der Waals surface area contributed by atoms with Gasteiger partial charge in [-0.25, -0.2) is 0 Å². The molecule has 3 aromatic carbocycles. The molecular weight excluding hydrogens is 708 g/mol. The summed E-state index contributed by atoms with van der Waals surface area (Å²) in [6.45, 7) is 10.2. The molecule has 4 aromatic rings. The Kier molecular flexibility index (Phi) is 9.84. The number of likely N-dealkylation sites (tertiary alicyclic amines) is 2. The first-order valence-electron chi connectivity index (χ1n) is 20.7. The summed E-state index contributed by atoms with van der Waals surface area (Å²) < 4.78 is 2.18. The van der Waals surface area contributed by atoms with E-state index in [1.54, 1.807) is 6.07 Å². The summed E-state index contributed by atoms with van der Waals surface area (Å²) in [5, 5.41) is 6.68. The van der Waals surface area contributed by atoms with Crippen molar-refractivity contribution in [2.24, 2.45) is 5.92 Å². The lowest BCUT2D eigenvalue weighted by Crippen LogP contribution is -2.47. The first-order valence-corrected chi connectivity index (χ1v) is 21.0. The molecule has 4 aliphatic heterocycles. The minimum absolute atomic E-state index is 0.185. The average Bonchev–Trinajstić information content (AvgIpc) is 3.42. The number of rotatable bonds is 7. The van der Waals surface area contributed by atoms with E-state index in [9.17, 15) is 14.4 Å². The molecule has 1 aliphatic carbocycles. The van der Waals surface area contributed by atoms with E-state index in [0.717, 1.165) is 41.7 Å². The zero-order valence-electron chi connectivity index (χ0n) is 32.2. The molecular formula is C45H53ClN6O3. The summed E-state index contributed by atoms with van der Waals surface area (Å²) in [4.78, 5) is 46.8. The Morgan fingerprint density at radius 3 is 2.24 bits per heavy atom. The molecule has 1 aromatic heterocycles. The van der Waals surface area contributed by atoms with Crippen LogP contribution in [0.2, 0.25) is 5.02 Å². The molecule has 2 N–H and O–H groups in total. The van der Waals surface area contributed by atoms with Gasteiger partial charge in [-0.05, 0) is 163 Å². The van der Waals surface area contributed by atoms with Gasteiger partial charge in [-0.2, -0.15) is 4.98 Å². The van der Waals surface area contributed by atoms with Crippen molar-refractivity contribution in [3.8, 4) is 5.69 Å². The van der Waals surface area contributed by atoms with Crippen molar-refractivity contribution in [2.45, 2.75) is 107 Å². The minimum Gasteiger partial charge on any atom is -0.374 e. The Morgan fingerprint density at radius 2 is 1.51 bits per heavy atom. The van der Waals surface area contributed by atoms with Crippen LogP contribution in [0.5, 0.6) is 0 Å². The van der Waals surface area contributed by atoms with Crippen LogP contribution >= 0.6 is 11.6 Å². The number of anilines is 1. The Balaban J connectivity index is 0.747. The van der Waals surface area contributed by atoms with Gasteiger partial charge >= 0.3 is 0 Å². The van der Waals surface area contributed by atoms with Crippen molar-refractivity contribution in [1.29, 1.82) is 0 Å². The number of nitrogens with zero attached hydrogens (tertiary/aromatic N) is 4. The quantitative estimate of drug-likeness (QED) is 0.188. The smallest absolute Gasteiger partial charge is 0.282 e. The molecule has 1 atom stereocenters. The number of nitrogens with one attached hydrogen (secondary N) is 2. The fourth-order valence-electron chi connectivity index (χ4n) is 10.5. The molecule has 5 aliphatic rings. The van der Waals surface area contributed by atoms with E-state index in [4.69, 9.17) is 11.6 Å². The van der Waals surface area contributed by atoms with Crippen LogP contribution in [-0.2, 0) is 15.0 Å². The highest BCUT2D eigenvalue weighted by Gasteiger charge is 2.39. The Bertz CT molecular complexity index is 2160. The number of amides is 2. The first kappa shape index (κ1) is 36.6. The molecule has 0 bridgehead atoms. The van der Waals surface area contributed by atoms with E-state index in [2.05, 4.69) is 86.3 Å². The van der Waals surface area contributed by atoms with Gasteiger partial charge in [0.1, 0.15) is 11.9 Å². The van der Waals surface area contributed by atoms with Gasteiger partial charge in [0.25, 0.3) is 5.56 Å². The fraction of sp³-hybridized carbons (Fsp3) is 0.511. The van der Waals surface area contributed by atoms with Crippen LogP contribution in [0.1, 0.15) is 112 Å². The number of aromatic nitrogens is 2. The van der Waals surface area contributed by atoms with Gasteiger partial charge in [-0.1, -0.05) is 41.9 Å². The number of imide groups is 1. The van der Waals surface area contributed by atoms with Crippen molar-refractivity contribution < 1.29 is 9.59 Å². The lowest BCUT2D eigenvalue weighted by molar-refractivity contribution is -0.133. The van der Waals surface area contributed by atoms with Crippen LogP contribution in [-0.4, -0.2) is 76.0 Å². The van der Waals surface area contributed by atoms with Crippen molar-refractivity contribution in [2.75, 3.05) is 38.0 Å². The van der Waals surface area contributed by atoms with Gasteiger partial charge in [0.05, 0.1) is 27.0 Å². The summed E-state index contributed by atoms with van der Waals surface area (Å²) in [6.07, 6.45) is 11.0. The summed E-state index contributed by atoms with van der Waals surface area (Å²) >= 11 is 6.52. The lowest BCUT2D eigenvalue weighted by Gasteiger charge is -2.42. The number of piperidine rings is 3. The van der Waals surface area contributed by atoms with Crippen molar-refractivity contribution >= 4 is 40.0 Å². The van der Waals surface area contributed by atoms with Crippen LogP contribution in [0.25, 0.3) is 16.6 Å². The number of carbonyl (C=O) groups excluding carboxylic acids is 2. The van der Waals surface area contributed by atoms with Gasteiger partial charge < -0.3 is 15.1 Å². The van der Waals surface area contributed by atoms with E-state index < -0.39 is 0 Å². The Labute approximate surface area is 328 Å². The summed E-state index contributed by atoms with van der Waals surface area (Å²) in [6, 6.07) is 21.6. The number of hydrogen-bond acceptors (Lipinski definition) is 7. The molecule has 55 heavy (non-hydrogen) atoms. The fourth-order valence-corrected chi connectivity index (χ4v) is 10.8. The highest BCUT2D eigenvalue weighted by atomic mass is 35.5.